The summed E-state index contributed by atoms with van der Waals surface area (Å²) < 4.78 is 5.39. The molecular weight excluding hydrogens is 376 g/mol. The molecular formula is C26H36O4. The second-order valence-electron chi connectivity index (χ2n) is 12.3. The summed E-state index contributed by atoms with van der Waals surface area (Å²) in [6, 6.07) is 0. The maximum absolute atomic E-state index is 14.1. The Morgan fingerprint density at radius 2 is 0.967 bits per heavy atom. The number of rotatable bonds is 6. The minimum absolute atomic E-state index is 0.0409. The third-order valence-electron chi connectivity index (χ3n) is 10.2. The number of hydrogen-bond donors (Lipinski definition) is 0. The number of ketones is 2. The highest BCUT2D eigenvalue weighted by atomic mass is 16.5. The molecule has 0 N–H and O–H groups in total. The van der Waals surface area contributed by atoms with E-state index in [0.29, 0.717) is 35.5 Å². The van der Waals surface area contributed by atoms with Gasteiger partial charge in [-0.2, -0.15) is 0 Å². The average Bonchev–Trinajstić information content (AvgIpc) is 2.66. The third-order valence-corrected chi connectivity index (χ3v) is 10.2. The van der Waals surface area contributed by atoms with Crippen LogP contribution in [-0.4, -0.2) is 24.1 Å². The number of esters is 1. The predicted molar refractivity (Wildman–Crippen MR) is 111 cm³/mol. The highest BCUT2D eigenvalue weighted by Crippen LogP contribution is 2.63. The molecule has 8 aliphatic carbocycles. The molecule has 164 valence electrons. The normalized spacial score (nSPS) is 48.6. The maximum atomic E-state index is 14.1. The molecule has 0 aliphatic heterocycles. The fourth-order valence-electron chi connectivity index (χ4n) is 10.00. The van der Waals surface area contributed by atoms with Crippen molar-refractivity contribution in [3.8, 4) is 0 Å². The molecule has 8 bridgehead atoms. The second kappa shape index (κ2) is 6.65. The lowest BCUT2D eigenvalue weighted by Gasteiger charge is -2.58. The van der Waals surface area contributed by atoms with Crippen LogP contribution in [0.1, 0.15) is 84.0 Å². The summed E-state index contributed by atoms with van der Waals surface area (Å²) in [5, 5.41) is 0. The zero-order valence-electron chi connectivity index (χ0n) is 18.4. The molecule has 0 spiro atoms. The molecule has 0 radical (unpaired) electrons. The summed E-state index contributed by atoms with van der Waals surface area (Å²) in [5.74, 6) is 1.96. The van der Waals surface area contributed by atoms with Crippen molar-refractivity contribution in [1.82, 2.24) is 0 Å². The molecule has 0 saturated heterocycles. The summed E-state index contributed by atoms with van der Waals surface area (Å²) in [4.78, 5) is 41.4. The number of hydrogen-bond acceptors (Lipinski definition) is 4. The van der Waals surface area contributed by atoms with E-state index in [9.17, 15) is 14.4 Å². The first-order chi connectivity index (χ1) is 14.4. The van der Waals surface area contributed by atoms with Gasteiger partial charge in [0.25, 0.3) is 0 Å². The van der Waals surface area contributed by atoms with E-state index in [1.807, 2.05) is 0 Å². The van der Waals surface area contributed by atoms with Gasteiger partial charge < -0.3 is 4.74 Å². The quantitative estimate of drug-likeness (QED) is 0.467. The van der Waals surface area contributed by atoms with Gasteiger partial charge in [-0.25, -0.2) is 0 Å². The first-order valence-electron chi connectivity index (χ1n) is 12.6. The Bertz CT molecular complexity index is 653. The van der Waals surface area contributed by atoms with Gasteiger partial charge in [-0.1, -0.05) is 0 Å². The van der Waals surface area contributed by atoms with E-state index in [4.69, 9.17) is 4.74 Å². The van der Waals surface area contributed by atoms with Gasteiger partial charge in [-0.05, 0) is 119 Å². The van der Waals surface area contributed by atoms with Crippen LogP contribution in [0.3, 0.4) is 0 Å². The topological polar surface area (TPSA) is 60.4 Å². The van der Waals surface area contributed by atoms with Crippen LogP contribution in [0.4, 0.5) is 0 Å². The first-order valence-corrected chi connectivity index (χ1v) is 12.6. The lowest BCUT2D eigenvalue weighted by Crippen LogP contribution is -2.58. The van der Waals surface area contributed by atoms with Crippen molar-refractivity contribution >= 4 is 17.5 Å². The van der Waals surface area contributed by atoms with Crippen LogP contribution >= 0.6 is 0 Å². The Labute approximate surface area is 179 Å². The smallest absolute Gasteiger partial charge is 0.324 e. The minimum Gasteiger partial charge on any atom is -0.465 e. The van der Waals surface area contributed by atoms with E-state index >= 15 is 0 Å². The predicted octanol–water partition coefficient (Wildman–Crippen LogP) is 4.74. The SMILES string of the molecule is CCOC(=O)C(C(=O)C12CC3CC(CC(C3)C1)C2)C(=O)C12CC3CC(CC(C3)C1)C2. The van der Waals surface area contributed by atoms with E-state index in [-0.39, 0.29) is 18.2 Å². The summed E-state index contributed by atoms with van der Waals surface area (Å²) in [6.07, 6.45) is 12.9. The van der Waals surface area contributed by atoms with Crippen molar-refractivity contribution < 1.29 is 19.1 Å². The monoisotopic (exact) mass is 412 g/mol. The van der Waals surface area contributed by atoms with Crippen molar-refractivity contribution in [2.75, 3.05) is 6.61 Å². The van der Waals surface area contributed by atoms with Gasteiger partial charge >= 0.3 is 5.97 Å². The number of carbonyl (C=O) groups is 3. The molecule has 4 nitrogen and oxygen atoms in total. The summed E-state index contributed by atoms with van der Waals surface area (Å²) >= 11 is 0. The number of carbonyl (C=O) groups excluding carboxylic acids is 3. The molecule has 0 aromatic rings. The van der Waals surface area contributed by atoms with Crippen LogP contribution in [-0.2, 0) is 19.1 Å². The lowest BCUT2D eigenvalue weighted by atomic mass is 9.45. The van der Waals surface area contributed by atoms with Crippen molar-refractivity contribution in [2.24, 2.45) is 52.3 Å². The van der Waals surface area contributed by atoms with Gasteiger partial charge in [0.2, 0.25) is 0 Å². The van der Waals surface area contributed by atoms with Crippen LogP contribution < -0.4 is 0 Å². The second-order valence-corrected chi connectivity index (χ2v) is 12.3. The number of ether oxygens (including phenoxy) is 1. The summed E-state index contributed by atoms with van der Waals surface area (Å²) in [6.45, 7) is 2.01. The number of Topliss-reactive ketones (excluding diaryl/α,β-unsaturated/α-hetero) is 2. The highest BCUT2D eigenvalue weighted by molar-refractivity contribution is 6.20. The van der Waals surface area contributed by atoms with Crippen LogP contribution in [0.2, 0.25) is 0 Å². The van der Waals surface area contributed by atoms with Crippen LogP contribution in [0, 0.1) is 52.3 Å². The largest absolute Gasteiger partial charge is 0.465 e. The van der Waals surface area contributed by atoms with Gasteiger partial charge in [0.15, 0.2) is 17.5 Å². The van der Waals surface area contributed by atoms with E-state index < -0.39 is 22.7 Å². The molecule has 8 rings (SSSR count). The molecule has 8 aliphatic rings. The minimum atomic E-state index is -1.16. The third kappa shape index (κ3) is 2.80. The Hall–Kier alpha value is -1.19. The molecule has 0 amide bonds. The Morgan fingerprint density at radius 3 is 1.23 bits per heavy atom. The fraction of sp³-hybridized carbons (Fsp3) is 0.885. The van der Waals surface area contributed by atoms with Crippen molar-refractivity contribution in [3.05, 3.63) is 0 Å². The van der Waals surface area contributed by atoms with Crippen molar-refractivity contribution in [1.29, 1.82) is 0 Å². The van der Waals surface area contributed by atoms with E-state index in [1.165, 1.54) is 38.5 Å². The Kier molecular flexibility index (Phi) is 4.32. The molecule has 30 heavy (non-hydrogen) atoms. The highest BCUT2D eigenvalue weighted by Gasteiger charge is 2.62. The van der Waals surface area contributed by atoms with Gasteiger partial charge in [0.1, 0.15) is 0 Å². The summed E-state index contributed by atoms with van der Waals surface area (Å²) in [7, 11) is 0. The van der Waals surface area contributed by atoms with Crippen molar-refractivity contribution in [2.45, 2.75) is 84.0 Å². The molecule has 4 heteroatoms. The van der Waals surface area contributed by atoms with E-state index in [0.717, 1.165) is 38.5 Å². The van der Waals surface area contributed by atoms with Gasteiger partial charge in [0, 0.05) is 10.8 Å². The lowest BCUT2D eigenvalue weighted by molar-refractivity contribution is -0.170. The fourth-order valence-corrected chi connectivity index (χ4v) is 10.00. The van der Waals surface area contributed by atoms with Gasteiger partial charge in [-0.3, -0.25) is 14.4 Å². The molecule has 0 unspecified atom stereocenters. The van der Waals surface area contributed by atoms with Gasteiger partial charge in [0.05, 0.1) is 6.61 Å². The molecule has 0 aromatic heterocycles. The molecule has 8 fully saturated rings. The van der Waals surface area contributed by atoms with Crippen LogP contribution in [0.25, 0.3) is 0 Å². The Balaban J connectivity index is 1.33. The standard InChI is InChI=1S/C26H36O4/c1-2-30-24(29)21(22(27)25-9-15-3-16(10-25)5-17(4-15)11-25)23(28)26-12-18-6-19(13-26)8-20(7-18)14-26/h15-21H,2-14H2,1H3. The molecule has 0 aromatic carbocycles. The van der Waals surface area contributed by atoms with E-state index in [2.05, 4.69) is 0 Å². The van der Waals surface area contributed by atoms with Gasteiger partial charge in [-0.15, -0.1) is 0 Å². The molecule has 0 atom stereocenters. The zero-order valence-corrected chi connectivity index (χ0v) is 18.4. The zero-order chi connectivity index (χ0) is 20.7. The van der Waals surface area contributed by atoms with Crippen LogP contribution in [0.15, 0.2) is 0 Å². The van der Waals surface area contributed by atoms with Crippen LogP contribution in [0.5, 0.6) is 0 Å². The average molecular weight is 413 g/mol. The van der Waals surface area contributed by atoms with Crippen molar-refractivity contribution in [3.63, 3.8) is 0 Å². The first kappa shape index (κ1) is 19.5. The van der Waals surface area contributed by atoms with E-state index in [1.54, 1.807) is 6.92 Å². The molecule has 0 heterocycles. The molecule has 8 saturated carbocycles. The Morgan fingerprint density at radius 1 is 0.667 bits per heavy atom. The summed E-state index contributed by atoms with van der Waals surface area (Å²) in [5.41, 5.74) is -0.853. The maximum Gasteiger partial charge on any atom is 0.324 e.